The Labute approximate surface area is 187 Å². The van der Waals surface area contributed by atoms with Gasteiger partial charge >= 0.3 is 5.97 Å². The minimum absolute atomic E-state index is 0.00581. The smallest absolute Gasteiger partial charge is 0.330 e. The number of likely N-dealkylation sites (N-methyl/N-ethyl adjacent to an activating group) is 1. The molecule has 0 bridgehead atoms. The van der Waals surface area contributed by atoms with Crippen LogP contribution in [0.1, 0.15) is 11.1 Å². The summed E-state index contributed by atoms with van der Waals surface area (Å²) in [6.07, 6.45) is 3.04. The van der Waals surface area contributed by atoms with E-state index in [0.29, 0.717) is 6.08 Å². The number of carboxylic acid groups (broad SMARTS) is 1. The number of non-ortho nitro benzene ring substituents is 2. The number of carboxylic acids is 1. The van der Waals surface area contributed by atoms with Crippen molar-refractivity contribution >= 4 is 35.0 Å². The SMILES string of the molecule is COc1ccc([N+](=O)[O-])cc1/C=C/C(=O)N(C)/C(=C/C(=O)O)c1cc([N+](=O)[O-])ccc1OC. The molecular weight excluding hydrogens is 438 g/mol. The van der Waals surface area contributed by atoms with E-state index in [1.807, 2.05) is 0 Å². The molecule has 1 amide bonds. The molecule has 0 saturated carbocycles. The highest BCUT2D eigenvalue weighted by Crippen LogP contribution is 2.32. The molecule has 0 unspecified atom stereocenters. The van der Waals surface area contributed by atoms with E-state index < -0.39 is 21.7 Å². The molecular formula is C21H19N3O9. The van der Waals surface area contributed by atoms with Gasteiger partial charge in [-0.05, 0) is 18.2 Å². The van der Waals surface area contributed by atoms with Gasteiger partial charge in [0.05, 0.1) is 29.8 Å². The van der Waals surface area contributed by atoms with E-state index in [1.54, 1.807) is 0 Å². The summed E-state index contributed by atoms with van der Waals surface area (Å²) >= 11 is 0. The van der Waals surface area contributed by atoms with Crippen molar-refractivity contribution in [1.29, 1.82) is 0 Å². The van der Waals surface area contributed by atoms with Gasteiger partial charge in [0.15, 0.2) is 0 Å². The van der Waals surface area contributed by atoms with Crippen LogP contribution < -0.4 is 9.47 Å². The van der Waals surface area contributed by atoms with Gasteiger partial charge in [-0.1, -0.05) is 0 Å². The van der Waals surface area contributed by atoms with Crippen LogP contribution in [0.3, 0.4) is 0 Å². The van der Waals surface area contributed by atoms with Crippen molar-refractivity contribution in [3.8, 4) is 11.5 Å². The van der Waals surface area contributed by atoms with Gasteiger partial charge in [0, 0.05) is 54.6 Å². The molecule has 0 fully saturated rings. The number of carbonyl (C=O) groups excluding carboxylic acids is 1. The fourth-order valence-electron chi connectivity index (χ4n) is 2.84. The van der Waals surface area contributed by atoms with E-state index in [2.05, 4.69) is 0 Å². The lowest BCUT2D eigenvalue weighted by Gasteiger charge is -2.21. The van der Waals surface area contributed by atoms with E-state index in [-0.39, 0.29) is 39.7 Å². The average molecular weight is 457 g/mol. The van der Waals surface area contributed by atoms with Crippen molar-refractivity contribution in [3.05, 3.63) is 79.9 Å². The number of ether oxygens (including phenoxy) is 2. The number of methoxy groups -OCH3 is 2. The van der Waals surface area contributed by atoms with Gasteiger partial charge in [0.1, 0.15) is 11.5 Å². The Balaban J connectivity index is 2.49. The van der Waals surface area contributed by atoms with Gasteiger partial charge in [0.2, 0.25) is 0 Å². The Hall–Kier alpha value is -4.74. The molecule has 0 aliphatic carbocycles. The first-order valence-electron chi connectivity index (χ1n) is 9.14. The molecule has 0 radical (unpaired) electrons. The number of nitro groups is 2. The molecule has 0 saturated heterocycles. The topological polar surface area (TPSA) is 162 Å². The van der Waals surface area contributed by atoms with Gasteiger partial charge < -0.3 is 19.5 Å². The lowest BCUT2D eigenvalue weighted by molar-refractivity contribution is -0.385. The number of benzene rings is 2. The van der Waals surface area contributed by atoms with Crippen LogP contribution in [0.25, 0.3) is 11.8 Å². The number of nitrogens with zero attached hydrogens (tertiary/aromatic N) is 3. The summed E-state index contributed by atoms with van der Waals surface area (Å²) in [5, 5.41) is 31.5. The molecule has 0 aliphatic rings. The zero-order valence-corrected chi connectivity index (χ0v) is 17.8. The maximum atomic E-state index is 12.8. The molecule has 12 nitrogen and oxygen atoms in total. The highest BCUT2D eigenvalue weighted by atomic mass is 16.6. The molecule has 0 spiro atoms. The number of amides is 1. The quantitative estimate of drug-likeness (QED) is 0.338. The highest BCUT2D eigenvalue weighted by Gasteiger charge is 2.21. The van der Waals surface area contributed by atoms with Gasteiger partial charge in [-0.15, -0.1) is 0 Å². The zero-order chi connectivity index (χ0) is 24.7. The number of carbonyl (C=O) groups is 2. The normalized spacial score (nSPS) is 11.2. The second-order valence-electron chi connectivity index (χ2n) is 6.42. The van der Waals surface area contributed by atoms with Crippen LogP contribution in [0.4, 0.5) is 11.4 Å². The third-order valence-corrected chi connectivity index (χ3v) is 4.45. The second kappa shape index (κ2) is 10.5. The highest BCUT2D eigenvalue weighted by molar-refractivity contribution is 6.01. The predicted octanol–water partition coefficient (Wildman–Crippen LogP) is 3.12. The molecule has 0 aliphatic heterocycles. The molecule has 2 rings (SSSR count). The summed E-state index contributed by atoms with van der Waals surface area (Å²) in [6, 6.07) is 7.37. The molecule has 0 atom stereocenters. The van der Waals surface area contributed by atoms with Gasteiger partial charge in [0.25, 0.3) is 17.3 Å². The summed E-state index contributed by atoms with van der Waals surface area (Å²) in [7, 11) is 3.92. The van der Waals surface area contributed by atoms with E-state index in [0.717, 1.165) is 17.0 Å². The van der Waals surface area contributed by atoms with Crippen molar-refractivity contribution in [2.75, 3.05) is 21.3 Å². The number of nitro benzene ring substituents is 2. The van der Waals surface area contributed by atoms with E-state index in [9.17, 15) is 34.9 Å². The van der Waals surface area contributed by atoms with Gasteiger partial charge in [-0.25, -0.2) is 4.79 Å². The number of rotatable bonds is 9. The third-order valence-electron chi connectivity index (χ3n) is 4.45. The first kappa shape index (κ1) is 24.5. The Kier molecular flexibility index (Phi) is 7.82. The lowest BCUT2D eigenvalue weighted by atomic mass is 10.1. The van der Waals surface area contributed by atoms with Crippen molar-refractivity contribution in [2.24, 2.45) is 0 Å². The molecule has 12 heteroatoms. The molecule has 33 heavy (non-hydrogen) atoms. The van der Waals surface area contributed by atoms with Crippen LogP contribution in [-0.4, -0.2) is 53.0 Å². The predicted molar refractivity (Wildman–Crippen MR) is 117 cm³/mol. The number of hydrogen-bond acceptors (Lipinski definition) is 8. The van der Waals surface area contributed by atoms with E-state index in [4.69, 9.17) is 9.47 Å². The standard InChI is InChI=1S/C21H19N3O9/c1-22(20(25)9-4-13-10-14(23(28)29)5-7-18(13)32-2)17(12-21(26)27)16-11-15(24(30)31)6-8-19(16)33-3/h4-12H,1-3H3,(H,26,27)/b9-4+,17-12+. The molecule has 1 N–H and O–H groups in total. The van der Waals surface area contributed by atoms with Crippen LogP contribution in [0.15, 0.2) is 48.6 Å². The van der Waals surface area contributed by atoms with Crippen LogP contribution in [0, 0.1) is 20.2 Å². The summed E-state index contributed by atoms with van der Waals surface area (Å²) in [4.78, 5) is 46.1. The molecule has 2 aromatic rings. The molecule has 2 aromatic carbocycles. The maximum absolute atomic E-state index is 12.8. The van der Waals surface area contributed by atoms with Gasteiger partial charge in [-0.3, -0.25) is 25.0 Å². The Morgan fingerprint density at radius 3 is 2.03 bits per heavy atom. The summed E-state index contributed by atoms with van der Waals surface area (Å²) < 4.78 is 10.3. The zero-order valence-electron chi connectivity index (χ0n) is 17.8. The summed E-state index contributed by atoms with van der Waals surface area (Å²) in [5.41, 5.74) is -0.482. The number of hydrogen-bond donors (Lipinski definition) is 1. The largest absolute Gasteiger partial charge is 0.496 e. The Morgan fingerprint density at radius 2 is 1.52 bits per heavy atom. The monoisotopic (exact) mass is 457 g/mol. The van der Waals surface area contributed by atoms with Crippen molar-refractivity contribution < 1.29 is 34.0 Å². The first-order chi connectivity index (χ1) is 15.6. The van der Waals surface area contributed by atoms with Crippen molar-refractivity contribution in [2.45, 2.75) is 0 Å². The van der Waals surface area contributed by atoms with Crippen LogP contribution in [-0.2, 0) is 9.59 Å². The fraction of sp³-hybridized carbons (Fsp3) is 0.143. The van der Waals surface area contributed by atoms with Crippen LogP contribution in [0.2, 0.25) is 0 Å². The first-order valence-corrected chi connectivity index (χ1v) is 9.14. The second-order valence-corrected chi connectivity index (χ2v) is 6.42. The van der Waals surface area contributed by atoms with Crippen molar-refractivity contribution in [3.63, 3.8) is 0 Å². The minimum Gasteiger partial charge on any atom is -0.496 e. The Morgan fingerprint density at radius 1 is 0.970 bits per heavy atom. The van der Waals surface area contributed by atoms with E-state index >= 15 is 0 Å². The molecule has 0 heterocycles. The number of aliphatic carboxylic acids is 1. The minimum atomic E-state index is -1.40. The maximum Gasteiger partial charge on any atom is 0.330 e. The van der Waals surface area contributed by atoms with E-state index in [1.165, 1.54) is 57.7 Å². The molecule has 0 aromatic heterocycles. The van der Waals surface area contributed by atoms with Crippen LogP contribution in [0.5, 0.6) is 11.5 Å². The third kappa shape index (κ3) is 5.91. The summed E-state index contributed by atoms with van der Waals surface area (Å²) in [5.74, 6) is -1.74. The van der Waals surface area contributed by atoms with Gasteiger partial charge in [-0.2, -0.15) is 0 Å². The fourth-order valence-corrected chi connectivity index (χ4v) is 2.84. The summed E-state index contributed by atoms with van der Waals surface area (Å²) in [6.45, 7) is 0. The van der Waals surface area contributed by atoms with Crippen LogP contribution >= 0.6 is 0 Å². The average Bonchev–Trinajstić information content (AvgIpc) is 2.79. The molecule has 172 valence electrons. The Bertz CT molecular complexity index is 1170. The van der Waals surface area contributed by atoms with Crippen molar-refractivity contribution in [1.82, 2.24) is 4.90 Å². The lowest BCUT2D eigenvalue weighted by Crippen LogP contribution is -2.24.